The third-order valence-corrected chi connectivity index (χ3v) is 1.58. The van der Waals surface area contributed by atoms with Crippen LogP contribution in [0, 0.1) is 0 Å². The molecule has 1 N–H and O–H groups in total. The van der Waals surface area contributed by atoms with Crippen LogP contribution in [0.25, 0.3) is 0 Å². The van der Waals surface area contributed by atoms with Crippen molar-refractivity contribution in [3.05, 3.63) is 23.8 Å². The van der Waals surface area contributed by atoms with Gasteiger partial charge in [0.1, 0.15) is 6.54 Å². The first-order chi connectivity index (χ1) is 7.05. The van der Waals surface area contributed by atoms with Crippen molar-refractivity contribution in [2.45, 2.75) is 12.7 Å². The number of nitrogens with one attached hydrogen (secondary N) is 1. The van der Waals surface area contributed by atoms with Gasteiger partial charge in [0.15, 0.2) is 0 Å². The number of H-pyrrole nitrogens is 1. The average Bonchev–Trinajstić information content (AvgIpc) is 2.73. The number of aromatic nitrogens is 6. The monoisotopic (exact) mass is 218 g/mol. The largest absolute Gasteiger partial charge is 0.455 e. The summed E-state index contributed by atoms with van der Waals surface area (Å²) in [6.07, 6.45) is -3.08. The molecule has 15 heavy (non-hydrogen) atoms. The zero-order valence-electron chi connectivity index (χ0n) is 7.23. The van der Waals surface area contributed by atoms with E-state index in [0.29, 0.717) is 5.69 Å². The average molecular weight is 218 g/mol. The molecule has 0 aliphatic carbocycles. The second-order valence-corrected chi connectivity index (χ2v) is 2.72. The van der Waals surface area contributed by atoms with Gasteiger partial charge in [-0.3, -0.25) is 5.10 Å². The molecule has 0 saturated heterocycles. The summed E-state index contributed by atoms with van der Waals surface area (Å²) < 4.78 is 36.2. The fourth-order valence-electron chi connectivity index (χ4n) is 0.949. The maximum absolute atomic E-state index is 12.1. The van der Waals surface area contributed by atoms with Crippen molar-refractivity contribution in [1.29, 1.82) is 0 Å². The van der Waals surface area contributed by atoms with Crippen molar-refractivity contribution >= 4 is 0 Å². The lowest BCUT2D eigenvalue weighted by molar-refractivity contribution is -0.145. The van der Waals surface area contributed by atoms with Crippen molar-refractivity contribution < 1.29 is 13.2 Å². The predicted molar refractivity (Wildman–Crippen MR) is 40.5 cm³/mol. The van der Waals surface area contributed by atoms with E-state index in [1.54, 1.807) is 6.07 Å². The smallest absolute Gasteiger partial charge is 0.281 e. The molecule has 0 aromatic carbocycles. The highest BCUT2D eigenvalue weighted by molar-refractivity contribution is 4.97. The molecule has 0 fully saturated rings. The lowest BCUT2D eigenvalue weighted by Gasteiger charge is -1.97. The maximum atomic E-state index is 12.1. The van der Waals surface area contributed by atoms with Gasteiger partial charge in [-0.1, -0.05) is 0 Å². The van der Waals surface area contributed by atoms with Crippen LogP contribution in [0.5, 0.6) is 0 Å². The Hall–Kier alpha value is -1.93. The highest BCUT2D eigenvalue weighted by Crippen LogP contribution is 2.24. The Balaban J connectivity index is 2.15. The first-order valence-corrected chi connectivity index (χ1v) is 3.89. The number of rotatable bonds is 2. The Morgan fingerprint density at radius 2 is 2.20 bits per heavy atom. The molecule has 2 aromatic rings. The first-order valence-electron chi connectivity index (χ1n) is 3.89. The predicted octanol–water partition coefficient (Wildman–Crippen LogP) is 0.463. The van der Waals surface area contributed by atoms with Crippen molar-refractivity contribution in [1.82, 2.24) is 30.4 Å². The van der Waals surface area contributed by atoms with Crippen LogP contribution in [0.2, 0.25) is 0 Å². The molecule has 0 spiro atoms. The third-order valence-electron chi connectivity index (χ3n) is 1.58. The first kappa shape index (κ1) is 9.62. The van der Waals surface area contributed by atoms with Gasteiger partial charge in [0.25, 0.3) is 5.82 Å². The summed E-state index contributed by atoms with van der Waals surface area (Å²) in [7, 11) is 0. The molecule has 9 heteroatoms. The van der Waals surface area contributed by atoms with E-state index in [9.17, 15) is 13.2 Å². The van der Waals surface area contributed by atoms with E-state index in [1.807, 2.05) is 0 Å². The van der Waals surface area contributed by atoms with Gasteiger partial charge in [0.2, 0.25) is 0 Å². The number of hydrogen-bond acceptors (Lipinski definition) is 4. The Morgan fingerprint density at radius 1 is 1.40 bits per heavy atom. The Kier molecular flexibility index (Phi) is 2.14. The number of aromatic amines is 1. The highest BCUT2D eigenvalue weighted by atomic mass is 19.4. The molecule has 2 rings (SSSR count). The minimum atomic E-state index is -4.56. The SMILES string of the molecule is FC(F)(F)c1nnn(Cc2ccn[nH]2)n1. The summed E-state index contributed by atoms with van der Waals surface area (Å²) in [6.45, 7) is 0.0725. The van der Waals surface area contributed by atoms with Gasteiger partial charge in [-0.2, -0.15) is 23.1 Å². The molecule has 0 saturated carbocycles. The van der Waals surface area contributed by atoms with Crippen LogP contribution in [-0.2, 0) is 12.7 Å². The van der Waals surface area contributed by atoms with Crippen LogP contribution >= 0.6 is 0 Å². The van der Waals surface area contributed by atoms with Gasteiger partial charge < -0.3 is 0 Å². The molecule has 0 aliphatic heterocycles. The number of alkyl halides is 3. The molecule has 6 nitrogen and oxygen atoms in total. The highest BCUT2D eigenvalue weighted by Gasteiger charge is 2.36. The molecule has 80 valence electrons. The number of halogens is 3. The van der Waals surface area contributed by atoms with Gasteiger partial charge >= 0.3 is 6.18 Å². The molecule has 0 unspecified atom stereocenters. The van der Waals surface area contributed by atoms with Gasteiger partial charge in [0, 0.05) is 6.20 Å². The minimum absolute atomic E-state index is 0.0725. The van der Waals surface area contributed by atoms with Crippen LogP contribution in [0.15, 0.2) is 12.3 Å². The normalized spacial score (nSPS) is 11.9. The second kappa shape index (κ2) is 3.33. The summed E-state index contributed by atoms with van der Waals surface area (Å²) in [5.41, 5.74) is 0.598. The number of tetrazole rings is 1. The van der Waals surface area contributed by atoms with Crippen molar-refractivity contribution in [2.24, 2.45) is 0 Å². The fourth-order valence-corrected chi connectivity index (χ4v) is 0.949. The molecule has 2 aromatic heterocycles. The molecule has 0 aliphatic rings. The van der Waals surface area contributed by atoms with Crippen LogP contribution in [0.3, 0.4) is 0 Å². The van der Waals surface area contributed by atoms with Crippen LogP contribution in [0.4, 0.5) is 13.2 Å². The summed E-state index contributed by atoms with van der Waals surface area (Å²) in [6, 6.07) is 1.61. The van der Waals surface area contributed by atoms with Crippen LogP contribution in [-0.4, -0.2) is 30.4 Å². The quantitative estimate of drug-likeness (QED) is 0.794. The summed E-state index contributed by atoms with van der Waals surface area (Å²) in [5.74, 6) is -1.25. The Labute approximate surface area is 81.1 Å². The zero-order chi connectivity index (χ0) is 10.9. The molecule has 0 amide bonds. The number of hydrogen-bond donors (Lipinski definition) is 1. The van der Waals surface area contributed by atoms with Gasteiger partial charge in [0.05, 0.1) is 5.69 Å². The zero-order valence-corrected chi connectivity index (χ0v) is 7.23. The van der Waals surface area contributed by atoms with Crippen molar-refractivity contribution in [3.8, 4) is 0 Å². The third kappa shape index (κ3) is 2.11. The molecule has 0 bridgehead atoms. The van der Waals surface area contributed by atoms with Gasteiger partial charge in [-0.15, -0.1) is 10.2 Å². The lowest BCUT2D eigenvalue weighted by Crippen LogP contribution is -2.09. The molecular formula is C6H5F3N6. The lowest BCUT2D eigenvalue weighted by atomic mass is 10.4. The molecule has 0 atom stereocenters. The maximum Gasteiger partial charge on any atom is 0.455 e. The van der Waals surface area contributed by atoms with Crippen molar-refractivity contribution in [3.63, 3.8) is 0 Å². The second-order valence-electron chi connectivity index (χ2n) is 2.72. The standard InChI is InChI=1S/C6H5F3N6/c7-6(8,9)5-12-14-15(13-5)3-4-1-2-10-11-4/h1-2H,3H2,(H,10,11). The van der Waals surface area contributed by atoms with Crippen LogP contribution in [0.1, 0.15) is 11.5 Å². The Morgan fingerprint density at radius 3 is 2.73 bits per heavy atom. The van der Waals surface area contributed by atoms with E-state index in [1.165, 1.54) is 6.20 Å². The summed E-state index contributed by atoms with van der Waals surface area (Å²) in [5, 5.41) is 15.5. The van der Waals surface area contributed by atoms with Crippen LogP contribution < -0.4 is 0 Å². The van der Waals surface area contributed by atoms with Gasteiger partial charge in [-0.05, 0) is 11.3 Å². The fraction of sp³-hybridized carbons (Fsp3) is 0.333. The van der Waals surface area contributed by atoms with E-state index in [4.69, 9.17) is 0 Å². The molecular weight excluding hydrogens is 213 g/mol. The van der Waals surface area contributed by atoms with E-state index < -0.39 is 12.0 Å². The van der Waals surface area contributed by atoms with E-state index in [-0.39, 0.29) is 6.54 Å². The summed E-state index contributed by atoms with van der Waals surface area (Å²) in [4.78, 5) is 0.844. The van der Waals surface area contributed by atoms with E-state index >= 15 is 0 Å². The topological polar surface area (TPSA) is 72.3 Å². The minimum Gasteiger partial charge on any atom is -0.281 e. The van der Waals surface area contributed by atoms with E-state index in [0.717, 1.165) is 4.80 Å². The van der Waals surface area contributed by atoms with Crippen molar-refractivity contribution in [2.75, 3.05) is 0 Å². The molecule has 0 radical (unpaired) electrons. The summed E-state index contributed by atoms with van der Waals surface area (Å²) >= 11 is 0. The Bertz CT molecular complexity index is 430. The van der Waals surface area contributed by atoms with E-state index in [2.05, 4.69) is 25.6 Å². The molecule has 2 heterocycles. The number of nitrogens with zero attached hydrogens (tertiary/aromatic N) is 5. The van der Waals surface area contributed by atoms with Gasteiger partial charge in [-0.25, -0.2) is 0 Å².